The number of ether oxygens (including phenoxy) is 1. The average Bonchev–Trinajstić information content (AvgIpc) is 2.94. The molecule has 1 heterocycles. The Kier molecular flexibility index (Phi) is 11.8. The molecule has 0 aliphatic carbocycles. The number of hydrogen-bond donors (Lipinski definition) is 1. The summed E-state index contributed by atoms with van der Waals surface area (Å²) < 4.78 is 5.69. The number of epoxide rings is 1. The van der Waals surface area contributed by atoms with E-state index in [1.165, 1.54) is 83.5 Å². The van der Waals surface area contributed by atoms with Crippen LogP contribution < -0.4 is 18.1 Å². The van der Waals surface area contributed by atoms with Gasteiger partial charge in [0.15, 0.2) is 0 Å². The van der Waals surface area contributed by atoms with E-state index in [-0.39, 0.29) is 23.7 Å². The standard InChI is InChI=1S/C19H39NO.ClH/c1-4-5-6-7-8-9-10-11-12-13-14-15-16-17-19(20)18(2,3)21-19;/h4-17,20H2,1-3H3;1H. The van der Waals surface area contributed by atoms with Crippen LogP contribution in [0.4, 0.5) is 0 Å². The zero-order valence-corrected chi connectivity index (χ0v) is 16.1. The molecule has 1 aliphatic rings. The molecule has 22 heavy (non-hydrogen) atoms. The van der Waals surface area contributed by atoms with Gasteiger partial charge >= 0.3 is 0 Å². The van der Waals surface area contributed by atoms with Crippen LogP contribution in [0.1, 0.15) is 111 Å². The van der Waals surface area contributed by atoms with Crippen molar-refractivity contribution in [3.63, 3.8) is 0 Å². The normalized spacial score (nSPS) is 22.4. The van der Waals surface area contributed by atoms with E-state index in [1.54, 1.807) is 0 Å². The summed E-state index contributed by atoms with van der Waals surface area (Å²) in [6.07, 6.45) is 19.5. The molecule has 1 atom stereocenters. The van der Waals surface area contributed by atoms with Gasteiger partial charge in [0, 0.05) is 6.42 Å². The second kappa shape index (κ2) is 11.7. The van der Waals surface area contributed by atoms with Gasteiger partial charge < -0.3 is 22.9 Å². The fourth-order valence-electron chi connectivity index (χ4n) is 3.24. The summed E-state index contributed by atoms with van der Waals surface area (Å²) in [5.41, 5.74) is 4.17. The predicted octanol–water partition coefficient (Wildman–Crippen LogP) is 2.22. The Labute approximate surface area is 145 Å². The van der Waals surface area contributed by atoms with Gasteiger partial charge in [-0.2, -0.15) is 0 Å². The zero-order chi connectivity index (χ0) is 15.6. The van der Waals surface area contributed by atoms with Crippen LogP contribution in [0.5, 0.6) is 0 Å². The SMILES string of the molecule is CCCCCCCCCCCCCCCC1([NH3+])OC1(C)C.[Cl-]. The third kappa shape index (κ3) is 8.74. The van der Waals surface area contributed by atoms with Crippen molar-refractivity contribution >= 4 is 0 Å². The molecule has 1 aliphatic heterocycles. The Morgan fingerprint density at radius 1 is 0.682 bits per heavy atom. The first kappa shape index (κ1) is 22.2. The molecule has 0 aromatic heterocycles. The molecule has 0 aromatic rings. The lowest BCUT2D eigenvalue weighted by Gasteiger charge is -2.06. The average molecular weight is 334 g/mol. The zero-order valence-electron chi connectivity index (χ0n) is 15.4. The molecule has 3 N–H and O–H groups in total. The second-order valence-corrected chi connectivity index (χ2v) is 7.60. The van der Waals surface area contributed by atoms with Gasteiger partial charge in [-0.3, -0.25) is 0 Å². The number of rotatable bonds is 14. The molecule has 1 rings (SSSR count). The van der Waals surface area contributed by atoms with Gasteiger partial charge in [0.2, 0.25) is 5.72 Å². The Balaban J connectivity index is 0.00000441. The molecule has 1 unspecified atom stereocenters. The lowest BCUT2D eigenvalue weighted by atomic mass is 9.98. The Morgan fingerprint density at radius 3 is 1.32 bits per heavy atom. The highest BCUT2D eigenvalue weighted by Crippen LogP contribution is 2.44. The largest absolute Gasteiger partial charge is 1.00 e. The lowest BCUT2D eigenvalue weighted by molar-refractivity contribution is -0.473. The topological polar surface area (TPSA) is 40.2 Å². The molecule has 0 aromatic carbocycles. The monoisotopic (exact) mass is 333 g/mol. The van der Waals surface area contributed by atoms with Crippen LogP contribution in [0.15, 0.2) is 0 Å². The highest BCUT2D eigenvalue weighted by atomic mass is 35.5. The van der Waals surface area contributed by atoms with Gasteiger partial charge in [-0.05, 0) is 20.3 Å². The molecule has 0 bridgehead atoms. The third-order valence-corrected chi connectivity index (χ3v) is 5.19. The second-order valence-electron chi connectivity index (χ2n) is 7.60. The molecule has 0 spiro atoms. The summed E-state index contributed by atoms with van der Waals surface area (Å²) in [6, 6.07) is 0. The van der Waals surface area contributed by atoms with Crippen LogP contribution in [0.3, 0.4) is 0 Å². The fraction of sp³-hybridized carbons (Fsp3) is 1.00. The summed E-state index contributed by atoms with van der Waals surface area (Å²) in [5, 5.41) is 0. The Morgan fingerprint density at radius 2 is 1.00 bits per heavy atom. The van der Waals surface area contributed by atoms with Crippen LogP contribution in [0, 0.1) is 0 Å². The molecule has 0 radical (unpaired) electrons. The molecule has 134 valence electrons. The Bertz CT molecular complexity index is 270. The van der Waals surface area contributed by atoms with Gasteiger partial charge in [0.1, 0.15) is 5.60 Å². The van der Waals surface area contributed by atoms with Gasteiger partial charge in [-0.1, -0.05) is 84.0 Å². The molecular formula is C19H40ClNO. The summed E-state index contributed by atoms with van der Waals surface area (Å²) in [6.45, 7) is 6.60. The van der Waals surface area contributed by atoms with Crippen LogP contribution in [-0.4, -0.2) is 11.3 Å². The first-order chi connectivity index (χ1) is 10.0. The predicted molar refractivity (Wildman–Crippen MR) is 91.1 cm³/mol. The summed E-state index contributed by atoms with van der Waals surface area (Å²) >= 11 is 0. The van der Waals surface area contributed by atoms with E-state index in [0.29, 0.717) is 0 Å². The van der Waals surface area contributed by atoms with Crippen LogP contribution in [-0.2, 0) is 4.74 Å². The minimum absolute atomic E-state index is 0. The van der Waals surface area contributed by atoms with E-state index in [1.807, 2.05) is 0 Å². The summed E-state index contributed by atoms with van der Waals surface area (Å²) in [7, 11) is 0. The number of halogens is 1. The van der Waals surface area contributed by atoms with Crippen molar-refractivity contribution in [1.82, 2.24) is 0 Å². The maximum absolute atomic E-state index is 5.69. The molecule has 0 saturated carbocycles. The summed E-state index contributed by atoms with van der Waals surface area (Å²) in [4.78, 5) is 0. The van der Waals surface area contributed by atoms with Crippen molar-refractivity contribution in [3.05, 3.63) is 0 Å². The van der Waals surface area contributed by atoms with Crippen molar-refractivity contribution in [2.45, 2.75) is 122 Å². The smallest absolute Gasteiger partial charge is 0.228 e. The first-order valence-corrected chi connectivity index (χ1v) is 9.57. The molecule has 1 fully saturated rings. The minimum atomic E-state index is -0.0647. The van der Waals surface area contributed by atoms with E-state index < -0.39 is 0 Å². The van der Waals surface area contributed by atoms with Gasteiger partial charge in [0.25, 0.3) is 0 Å². The third-order valence-electron chi connectivity index (χ3n) is 5.19. The van der Waals surface area contributed by atoms with E-state index in [9.17, 15) is 0 Å². The van der Waals surface area contributed by atoms with Crippen LogP contribution in [0.2, 0.25) is 0 Å². The molecular weight excluding hydrogens is 294 g/mol. The van der Waals surface area contributed by atoms with E-state index in [0.717, 1.165) is 6.42 Å². The highest BCUT2D eigenvalue weighted by Gasteiger charge is 2.65. The number of quaternary nitrogens is 1. The molecule has 1 saturated heterocycles. The quantitative estimate of drug-likeness (QED) is 0.384. The number of hydrogen-bond acceptors (Lipinski definition) is 1. The number of unbranched alkanes of at least 4 members (excludes halogenated alkanes) is 12. The summed E-state index contributed by atoms with van der Waals surface area (Å²) in [5.74, 6) is 0. The highest BCUT2D eigenvalue weighted by molar-refractivity contribution is 5.00. The molecule has 2 nitrogen and oxygen atoms in total. The van der Waals surface area contributed by atoms with Crippen molar-refractivity contribution < 1.29 is 22.9 Å². The molecule has 3 heteroatoms. The Hall–Kier alpha value is 0.210. The van der Waals surface area contributed by atoms with Crippen molar-refractivity contribution in [3.8, 4) is 0 Å². The van der Waals surface area contributed by atoms with Crippen molar-refractivity contribution in [2.24, 2.45) is 0 Å². The van der Waals surface area contributed by atoms with Crippen molar-refractivity contribution in [1.29, 1.82) is 0 Å². The van der Waals surface area contributed by atoms with Gasteiger partial charge in [0.05, 0.1) is 0 Å². The van der Waals surface area contributed by atoms with Gasteiger partial charge in [-0.15, -0.1) is 0 Å². The van der Waals surface area contributed by atoms with Crippen molar-refractivity contribution in [2.75, 3.05) is 0 Å². The van der Waals surface area contributed by atoms with Gasteiger partial charge in [-0.25, -0.2) is 0 Å². The lowest BCUT2D eigenvalue weighted by Crippen LogP contribution is -3.00. The van der Waals surface area contributed by atoms with E-state index in [2.05, 4.69) is 26.5 Å². The fourth-order valence-corrected chi connectivity index (χ4v) is 3.24. The maximum atomic E-state index is 5.69. The van der Waals surface area contributed by atoms with Crippen LogP contribution in [0.25, 0.3) is 0 Å². The van der Waals surface area contributed by atoms with E-state index in [4.69, 9.17) is 4.74 Å². The first-order valence-electron chi connectivity index (χ1n) is 9.57. The van der Waals surface area contributed by atoms with Crippen LogP contribution >= 0.6 is 0 Å². The maximum Gasteiger partial charge on any atom is 0.228 e. The minimum Gasteiger partial charge on any atom is -1.00 e. The van der Waals surface area contributed by atoms with E-state index >= 15 is 0 Å². The molecule has 0 amide bonds.